The molecule has 1 aliphatic rings. The van der Waals surface area contributed by atoms with E-state index in [1.807, 2.05) is 78.8 Å². The van der Waals surface area contributed by atoms with E-state index in [4.69, 9.17) is 4.74 Å². The summed E-state index contributed by atoms with van der Waals surface area (Å²) >= 11 is 0. The molecule has 0 radical (unpaired) electrons. The van der Waals surface area contributed by atoms with Gasteiger partial charge in [-0.2, -0.15) is 0 Å². The van der Waals surface area contributed by atoms with Gasteiger partial charge in [0, 0.05) is 12.1 Å². The summed E-state index contributed by atoms with van der Waals surface area (Å²) in [5.41, 5.74) is 3.00. The quantitative estimate of drug-likeness (QED) is 0.738. The molecule has 1 fully saturated rings. The maximum absolute atomic E-state index is 13.4. The van der Waals surface area contributed by atoms with E-state index in [1.54, 1.807) is 0 Å². The molecule has 3 aromatic rings. The molecule has 2 heterocycles. The number of aliphatic hydroxyl groups is 1. The lowest BCUT2D eigenvalue weighted by Crippen LogP contribution is -2.56. The first-order valence-electron chi connectivity index (χ1n) is 9.97. The van der Waals surface area contributed by atoms with Gasteiger partial charge in [-0.05, 0) is 44.5 Å². The van der Waals surface area contributed by atoms with Crippen molar-refractivity contribution in [2.45, 2.75) is 39.0 Å². The number of rotatable bonds is 4. The van der Waals surface area contributed by atoms with Crippen LogP contribution in [0.25, 0.3) is 11.0 Å². The molecular formula is C23H27N3O3. The molecule has 6 nitrogen and oxygen atoms in total. The fourth-order valence-corrected chi connectivity index (χ4v) is 4.00. The Morgan fingerprint density at radius 2 is 2.00 bits per heavy atom. The Bertz CT molecular complexity index is 1030. The van der Waals surface area contributed by atoms with E-state index in [2.05, 4.69) is 4.98 Å². The van der Waals surface area contributed by atoms with Gasteiger partial charge in [0.1, 0.15) is 11.9 Å². The lowest BCUT2D eigenvalue weighted by molar-refractivity contribution is -0.0846. The number of imidazole rings is 1. The lowest BCUT2D eigenvalue weighted by atomic mass is 9.96. The number of hydrogen-bond donors (Lipinski definition) is 1. The van der Waals surface area contributed by atoms with E-state index in [9.17, 15) is 9.90 Å². The Kier molecular flexibility index (Phi) is 5.15. The van der Waals surface area contributed by atoms with Crippen LogP contribution in [0.4, 0.5) is 0 Å². The molecule has 1 N–H and O–H groups in total. The smallest absolute Gasteiger partial charge is 0.254 e. The molecule has 2 aromatic carbocycles. The number of aliphatic hydroxyl groups excluding tert-OH is 1. The normalized spacial score (nSPS) is 18.9. The predicted molar refractivity (Wildman–Crippen MR) is 112 cm³/mol. The van der Waals surface area contributed by atoms with Gasteiger partial charge in [0.2, 0.25) is 0 Å². The Labute approximate surface area is 170 Å². The third-order valence-corrected chi connectivity index (χ3v) is 5.64. The molecular weight excluding hydrogens is 366 g/mol. The summed E-state index contributed by atoms with van der Waals surface area (Å²) in [7, 11) is 0. The van der Waals surface area contributed by atoms with Crippen molar-refractivity contribution >= 4 is 16.9 Å². The Morgan fingerprint density at radius 1 is 1.24 bits per heavy atom. The number of morpholine rings is 1. The van der Waals surface area contributed by atoms with Crippen LogP contribution in [-0.4, -0.2) is 50.8 Å². The van der Waals surface area contributed by atoms with Crippen molar-refractivity contribution in [2.24, 2.45) is 0 Å². The van der Waals surface area contributed by atoms with Gasteiger partial charge in [0.25, 0.3) is 5.91 Å². The van der Waals surface area contributed by atoms with Gasteiger partial charge in [-0.3, -0.25) is 4.79 Å². The Morgan fingerprint density at radius 3 is 2.72 bits per heavy atom. The van der Waals surface area contributed by atoms with E-state index in [-0.39, 0.29) is 18.6 Å². The maximum atomic E-state index is 13.4. The molecule has 0 spiro atoms. The van der Waals surface area contributed by atoms with Crippen molar-refractivity contribution < 1.29 is 14.6 Å². The number of amides is 1. The number of ether oxygens (including phenoxy) is 1. The molecule has 4 rings (SSSR count). The maximum Gasteiger partial charge on any atom is 0.254 e. The van der Waals surface area contributed by atoms with Crippen LogP contribution >= 0.6 is 0 Å². The fraction of sp³-hybridized carbons (Fsp3) is 0.391. The second kappa shape index (κ2) is 7.61. The molecule has 0 saturated carbocycles. The van der Waals surface area contributed by atoms with Gasteiger partial charge in [-0.1, -0.05) is 30.3 Å². The average Bonchev–Trinajstić information content (AvgIpc) is 3.03. The highest BCUT2D eigenvalue weighted by Gasteiger charge is 2.39. The van der Waals surface area contributed by atoms with Crippen LogP contribution in [0.15, 0.2) is 48.5 Å². The Balaban J connectivity index is 1.64. The minimum atomic E-state index is -0.399. The topological polar surface area (TPSA) is 67.6 Å². The summed E-state index contributed by atoms with van der Waals surface area (Å²) in [4.78, 5) is 19.9. The minimum absolute atomic E-state index is 0.0181. The SMILES string of the molecule is Cc1nc2cc(C(=O)N3CC(c4ccccc4)OCC3(C)C)ccc2n1CCO. The van der Waals surface area contributed by atoms with Gasteiger partial charge in [0.05, 0.1) is 36.3 Å². The zero-order valence-electron chi connectivity index (χ0n) is 17.1. The number of aromatic nitrogens is 2. The van der Waals surface area contributed by atoms with Crippen LogP contribution < -0.4 is 0 Å². The molecule has 1 unspecified atom stereocenters. The molecule has 1 saturated heterocycles. The molecule has 1 amide bonds. The van der Waals surface area contributed by atoms with E-state index >= 15 is 0 Å². The standard InChI is InChI=1S/C23H27N3O3/c1-16-24-19-13-18(9-10-20(19)25(16)11-12-27)22(28)26-14-21(29-15-23(26,2)3)17-7-5-4-6-8-17/h4-10,13,21,27H,11-12,14-15H2,1-3H3. The first kappa shape index (κ1) is 19.6. The zero-order chi connectivity index (χ0) is 20.6. The van der Waals surface area contributed by atoms with E-state index < -0.39 is 5.54 Å². The summed E-state index contributed by atoms with van der Waals surface area (Å²) in [6.07, 6.45) is -0.136. The van der Waals surface area contributed by atoms with Crippen LogP contribution in [0.3, 0.4) is 0 Å². The van der Waals surface area contributed by atoms with Crippen LogP contribution in [0.2, 0.25) is 0 Å². The molecule has 0 bridgehead atoms. The van der Waals surface area contributed by atoms with E-state index in [0.29, 0.717) is 25.3 Å². The van der Waals surface area contributed by atoms with Crippen LogP contribution in [0.1, 0.15) is 41.7 Å². The molecule has 152 valence electrons. The predicted octanol–water partition coefficient (Wildman–Crippen LogP) is 3.33. The third kappa shape index (κ3) is 3.66. The monoisotopic (exact) mass is 393 g/mol. The summed E-state index contributed by atoms with van der Waals surface area (Å²) in [5, 5.41) is 9.29. The zero-order valence-corrected chi connectivity index (χ0v) is 17.1. The van der Waals surface area contributed by atoms with Crippen molar-refractivity contribution in [2.75, 3.05) is 19.8 Å². The first-order valence-corrected chi connectivity index (χ1v) is 9.97. The summed E-state index contributed by atoms with van der Waals surface area (Å²) in [5.74, 6) is 0.810. The van der Waals surface area contributed by atoms with Crippen LogP contribution in [-0.2, 0) is 11.3 Å². The lowest BCUT2D eigenvalue weighted by Gasteiger charge is -2.45. The number of nitrogens with zero attached hydrogens (tertiary/aromatic N) is 3. The van der Waals surface area contributed by atoms with Gasteiger partial charge in [0.15, 0.2) is 0 Å². The molecule has 6 heteroatoms. The van der Waals surface area contributed by atoms with E-state index in [1.165, 1.54) is 0 Å². The number of hydrogen-bond acceptors (Lipinski definition) is 4. The molecule has 1 atom stereocenters. The third-order valence-electron chi connectivity index (χ3n) is 5.64. The number of fused-ring (bicyclic) bond motifs is 1. The Hall–Kier alpha value is -2.70. The van der Waals surface area contributed by atoms with Crippen molar-refractivity contribution in [3.63, 3.8) is 0 Å². The van der Waals surface area contributed by atoms with Gasteiger partial charge in [-0.25, -0.2) is 4.98 Å². The van der Waals surface area contributed by atoms with Gasteiger partial charge >= 0.3 is 0 Å². The molecule has 1 aromatic heterocycles. The number of benzene rings is 2. The highest BCUT2D eigenvalue weighted by molar-refractivity contribution is 5.98. The number of carbonyl (C=O) groups excluding carboxylic acids is 1. The van der Waals surface area contributed by atoms with Crippen molar-refractivity contribution in [3.05, 3.63) is 65.5 Å². The summed E-state index contributed by atoms with van der Waals surface area (Å²) in [6, 6.07) is 15.6. The van der Waals surface area contributed by atoms with Crippen LogP contribution in [0, 0.1) is 6.92 Å². The molecule has 29 heavy (non-hydrogen) atoms. The fourth-order valence-electron chi connectivity index (χ4n) is 4.00. The second-order valence-electron chi connectivity index (χ2n) is 8.18. The minimum Gasteiger partial charge on any atom is -0.395 e. The number of aryl methyl sites for hydroxylation is 1. The highest BCUT2D eigenvalue weighted by atomic mass is 16.5. The van der Waals surface area contributed by atoms with Gasteiger partial charge in [-0.15, -0.1) is 0 Å². The number of carbonyl (C=O) groups is 1. The van der Waals surface area contributed by atoms with Crippen molar-refractivity contribution in [1.29, 1.82) is 0 Å². The van der Waals surface area contributed by atoms with Gasteiger partial charge < -0.3 is 19.3 Å². The molecule has 0 aliphatic carbocycles. The highest BCUT2D eigenvalue weighted by Crippen LogP contribution is 2.32. The van der Waals surface area contributed by atoms with Crippen LogP contribution in [0.5, 0.6) is 0 Å². The first-order chi connectivity index (χ1) is 13.9. The average molecular weight is 393 g/mol. The van der Waals surface area contributed by atoms with Crippen molar-refractivity contribution in [1.82, 2.24) is 14.5 Å². The second-order valence-corrected chi connectivity index (χ2v) is 8.18. The summed E-state index contributed by atoms with van der Waals surface area (Å²) in [6.45, 7) is 7.50. The molecule has 1 aliphatic heterocycles. The van der Waals surface area contributed by atoms with Crippen molar-refractivity contribution in [3.8, 4) is 0 Å². The van der Waals surface area contributed by atoms with E-state index in [0.717, 1.165) is 22.4 Å². The largest absolute Gasteiger partial charge is 0.395 e. The summed E-state index contributed by atoms with van der Waals surface area (Å²) < 4.78 is 8.04.